The fourth-order valence-corrected chi connectivity index (χ4v) is 2.89. The van der Waals surface area contributed by atoms with Crippen molar-refractivity contribution in [2.45, 2.75) is 44.1 Å². The van der Waals surface area contributed by atoms with E-state index in [-0.39, 0.29) is 0 Å². The van der Waals surface area contributed by atoms with Crippen LogP contribution in [-0.4, -0.2) is 13.2 Å². The van der Waals surface area contributed by atoms with Crippen molar-refractivity contribution in [3.8, 4) is 5.75 Å². The van der Waals surface area contributed by atoms with Gasteiger partial charge in [0.05, 0.1) is 7.11 Å². The first-order valence-electron chi connectivity index (χ1n) is 6.29. The van der Waals surface area contributed by atoms with E-state index in [0.717, 1.165) is 23.6 Å². The van der Waals surface area contributed by atoms with Gasteiger partial charge in [0, 0.05) is 11.1 Å². The van der Waals surface area contributed by atoms with Gasteiger partial charge in [0.15, 0.2) is 0 Å². The molecule has 2 N–H and O–H groups in total. The maximum Gasteiger partial charge on any atom is 0.122 e. The first kappa shape index (κ1) is 12.7. The molecule has 2 nitrogen and oxygen atoms in total. The van der Waals surface area contributed by atoms with E-state index in [1.807, 2.05) is 18.2 Å². The minimum atomic E-state index is 0.311. The summed E-state index contributed by atoms with van der Waals surface area (Å²) in [5.74, 6) is 1.43. The third kappa shape index (κ3) is 3.14. The average molecular weight is 254 g/mol. The van der Waals surface area contributed by atoms with E-state index in [1.54, 1.807) is 7.11 Å². The van der Waals surface area contributed by atoms with E-state index in [0.29, 0.717) is 12.0 Å². The number of halogens is 1. The van der Waals surface area contributed by atoms with Crippen molar-refractivity contribution >= 4 is 11.6 Å². The zero-order valence-corrected chi connectivity index (χ0v) is 11.0. The van der Waals surface area contributed by atoms with Gasteiger partial charge in [-0.05, 0) is 48.9 Å². The van der Waals surface area contributed by atoms with E-state index < -0.39 is 0 Å². The molecule has 1 aliphatic carbocycles. The van der Waals surface area contributed by atoms with Crippen molar-refractivity contribution in [3.05, 3.63) is 28.8 Å². The molecule has 1 saturated carbocycles. The van der Waals surface area contributed by atoms with Gasteiger partial charge in [-0.1, -0.05) is 24.4 Å². The van der Waals surface area contributed by atoms with Crippen LogP contribution in [0, 0.1) is 0 Å². The second-order valence-corrected chi connectivity index (χ2v) is 5.30. The van der Waals surface area contributed by atoms with E-state index in [2.05, 4.69) is 0 Å². The van der Waals surface area contributed by atoms with Crippen molar-refractivity contribution in [1.29, 1.82) is 0 Å². The molecule has 94 valence electrons. The minimum Gasteiger partial charge on any atom is -0.496 e. The van der Waals surface area contributed by atoms with Crippen molar-refractivity contribution in [3.63, 3.8) is 0 Å². The predicted molar refractivity (Wildman–Crippen MR) is 71.8 cm³/mol. The Bertz CT molecular complexity index is 380. The molecule has 0 radical (unpaired) electrons. The number of benzene rings is 1. The lowest BCUT2D eigenvalue weighted by molar-refractivity contribution is 0.400. The Morgan fingerprint density at radius 3 is 2.82 bits per heavy atom. The Labute approximate surface area is 108 Å². The summed E-state index contributed by atoms with van der Waals surface area (Å²) >= 11 is 6.08. The minimum absolute atomic E-state index is 0.311. The molecule has 3 heteroatoms. The Balaban J connectivity index is 2.27. The average Bonchev–Trinajstić information content (AvgIpc) is 2.54. The molecule has 2 atom stereocenters. The maximum atomic E-state index is 6.12. The van der Waals surface area contributed by atoms with Crippen LogP contribution in [0.25, 0.3) is 0 Å². The van der Waals surface area contributed by atoms with Crippen LogP contribution in [0.3, 0.4) is 0 Å². The molecule has 2 unspecified atom stereocenters. The monoisotopic (exact) mass is 253 g/mol. The predicted octanol–water partition coefficient (Wildman–Crippen LogP) is 3.72. The normalized spacial score (nSPS) is 25.4. The van der Waals surface area contributed by atoms with Crippen LogP contribution in [0.2, 0.25) is 5.02 Å². The van der Waals surface area contributed by atoms with Crippen molar-refractivity contribution in [1.82, 2.24) is 0 Å². The summed E-state index contributed by atoms with van der Waals surface area (Å²) in [6.45, 7) is 0. The smallest absolute Gasteiger partial charge is 0.122 e. The van der Waals surface area contributed by atoms with Crippen LogP contribution in [0.5, 0.6) is 5.75 Å². The first-order chi connectivity index (χ1) is 8.20. The molecule has 0 aliphatic heterocycles. The van der Waals surface area contributed by atoms with Gasteiger partial charge in [0.2, 0.25) is 0 Å². The molecule has 17 heavy (non-hydrogen) atoms. The molecular formula is C14H20ClNO. The molecule has 0 bridgehead atoms. The van der Waals surface area contributed by atoms with Crippen LogP contribution in [-0.2, 0) is 0 Å². The van der Waals surface area contributed by atoms with Crippen LogP contribution >= 0.6 is 11.6 Å². The quantitative estimate of drug-likeness (QED) is 0.816. The van der Waals surface area contributed by atoms with Crippen LogP contribution in [0.4, 0.5) is 0 Å². The first-order valence-corrected chi connectivity index (χ1v) is 6.67. The summed E-state index contributed by atoms with van der Waals surface area (Å²) in [4.78, 5) is 0. The van der Waals surface area contributed by atoms with Gasteiger partial charge in [0.1, 0.15) is 5.75 Å². The van der Waals surface area contributed by atoms with Gasteiger partial charge in [-0.15, -0.1) is 0 Å². The number of rotatable bonds is 2. The second-order valence-electron chi connectivity index (χ2n) is 4.86. The highest BCUT2D eigenvalue weighted by molar-refractivity contribution is 6.30. The van der Waals surface area contributed by atoms with Crippen LogP contribution in [0.1, 0.15) is 43.6 Å². The van der Waals surface area contributed by atoms with E-state index in [4.69, 9.17) is 22.1 Å². The molecule has 1 aliphatic rings. The summed E-state index contributed by atoms with van der Waals surface area (Å²) in [5.41, 5.74) is 7.34. The number of hydrogen-bond acceptors (Lipinski definition) is 2. The molecule has 1 aromatic carbocycles. The van der Waals surface area contributed by atoms with E-state index in [1.165, 1.54) is 24.8 Å². The van der Waals surface area contributed by atoms with Gasteiger partial charge in [-0.25, -0.2) is 0 Å². The van der Waals surface area contributed by atoms with Gasteiger partial charge in [0.25, 0.3) is 0 Å². The topological polar surface area (TPSA) is 35.2 Å². The Kier molecular flexibility index (Phi) is 4.30. The lowest BCUT2D eigenvalue weighted by Gasteiger charge is -2.20. The van der Waals surface area contributed by atoms with Crippen molar-refractivity contribution in [2.24, 2.45) is 5.73 Å². The summed E-state index contributed by atoms with van der Waals surface area (Å²) in [6, 6.07) is 6.17. The molecule has 0 heterocycles. The SMILES string of the molecule is COc1ccc(Cl)cc1C1CCCCC(N)C1. The molecule has 0 spiro atoms. The van der Waals surface area contributed by atoms with Crippen molar-refractivity contribution in [2.75, 3.05) is 7.11 Å². The molecular weight excluding hydrogens is 234 g/mol. The maximum absolute atomic E-state index is 6.12. The van der Waals surface area contributed by atoms with Crippen LogP contribution in [0.15, 0.2) is 18.2 Å². The Morgan fingerprint density at radius 1 is 1.29 bits per heavy atom. The summed E-state index contributed by atoms with van der Waals surface area (Å²) in [6.07, 6.45) is 5.84. The highest BCUT2D eigenvalue weighted by atomic mass is 35.5. The highest BCUT2D eigenvalue weighted by Gasteiger charge is 2.22. The third-order valence-corrected chi connectivity index (χ3v) is 3.83. The summed E-state index contributed by atoms with van der Waals surface area (Å²) in [7, 11) is 1.71. The van der Waals surface area contributed by atoms with Crippen molar-refractivity contribution < 1.29 is 4.74 Å². The van der Waals surface area contributed by atoms with Crippen LogP contribution < -0.4 is 10.5 Å². The lowest BCUT2D eigenvalue weighted by atomic mass is 9.90. The Hall–Kier alpha value is -0.730. The zero-order chi connectivity index (χ0) is 12.3. The Morgan fingerprint density at radius 2 is 2.06 bits per heavy atom. The third-order valence-electron chi connectivity index (χ3n) is 3.60. The molecule has 2 rings (SSSR count). The zero-order valence-electron chi connectivity index (χ0n) is 10.3. The highest BCUT2D eigenvalue weighted by Crippen LogP contribution is 2.37. The number of hydrogen-bond donors (Lipinski definition) is 1. The van der Waals surface area contributed by atoms with Gasteiger partial charge in [-0.3, -0.25) is 0 Å². The van der Waals surface area contributed by atoms with Gasteiger partial charge < -0.3 is 10.5 Å². The lowest BCUT2D eigenvalue weighted by Crippen LogP contribution is -2.21. The fraction of sp³-hybridized carbons (Fsp3) is 0.571. The largest absolute Gasteiger partial charge is 0.496 e. The standard InChI is InChI=1S/C14H20ClNO/c1-17-14-7-6-11(15)9-13(14)10-4-2-3-5-12(16)8-10/h6-7,9-10,12H,2-5,8,16H2,1H3. The van der Waals surface area contributed by atoms with E-state index >= 15 is 0 Å². The molecule has 0 saturated heterocycles. The van der Waals surface area contributed by atoms with E-state index in [9.17, 15) is 0 Å². The van der Waals surface area contributed by atoms with Gasteiger partial charge >= 0.3 is 0 Å². The fourth-order valence-electron chi connectivity index (χ4n) is 2.71. The summed E-state index contributed by atoms with van der Waals surface area (Å²) in [5, 5.41) is 0.776. The molecule has 1 aromatic rings. The molecule has 1 fully saturated rings. The molecule has 0 aromatic heterocycles. The molecule has 0 amide bonds. The second kappa shape index (κ2) is 5.74. The number of ether oxygens (including phenoxy) is 1. The number of nitrogens with two attached hydrogens (primary N) is 1. The van der Waals surface area contributed by atoms with Gasteiger partial charge in [-0.2, -0.15) is 0 Å². The number of methoxy groups -OCH3 is 1. The summed E-state index contributed by atoms with van der Waals surface area (Å²) < 4.78 is 5.43.